The number of rotatable bonds is 12. The van der Waals surface area contributed by atoms with Gasteiger partial charge in [-0.25, -0.2) is 19.9 Å². The number of nitrogens with zero attached hydrogens (tertiary/aromatic N) is 8. The third-order valence-corrected chi connectivity index (χ3v) is 22.1. The second-order valence-electron chi connectivity index (χ2n) is 28.5. The standard InChI is InChI=1S/C102H64N8/c1-5-26-65(27-6-1)71-36-22-42-78(59-71)109-90-47-17-13-43-79(90)81-54-56-95-97(99(81)109)83-45-15-19-49-92(83)108(95)77-41-24-39-75(61-77)102-104-87(68-30-9-3-10-31-68)63-88(106-102)73-37-21-35-70(58-73)72-53-52-66-34-25-51-94(85(66)62-72)110-91-48-18-14-44-80(91)82-55-57-96-98(100(82)110)84-46-16-20-50-93(84)107(96)76-40-23-38-74(60-76)89-64-86(67-28-7-2-8-29-67)103-101(105-89)69-32-11-4-12-33-69/h1-64H. The lowest BCUT2D eigenvalue weighted by Gasteiger charge is -2.15. The molecule has 0 aliphatic heterocycles. The van der Waals surface area contributed by atoms with Crippen LogP contribution in [0, 0.1) is 0 Å². The van der Waals surface area contributed by atoms with Crippen LogP contribution in [0.4, 0.5) is 0 Å². The van der Waals surface area contributed by atoms with Crippen molar-refractivity contribution in [3.8, 4) is 113 Å². The zero-order chi connectivity index (χ0) is 72.3. The molecular formula is C102H64N8. The minimum absolute atomic E-state index is 0.639. The number of para-hydroxylation sites is 4. The molecule has 0 aliphatic carbocycles. The van der Waals surface area contributed by atoms with Gasteiger partial charge in [-0.3, -0.25) is 0 Å². The van der Waals surface area contributed by atoms with Crippen molar-refractivity contribution in [1.82, 2.24) is 38.2 Å². The Hall–Kier alpha value is -14.9. The van der Waals surface area contributed by atoms with E-state index in [9.17, 15) is 0 Å². The summed E-state index contributed by atoms with van der Waals surface area (Å²) >= 11 is 0. The van der Waals surface area contributed by atoms with Gasteiger partial charge in [0.05, 0.1) is 72.6 Å². The number of hydrogen-bond donors (Lipinski definition) is 0. The summed E-state index contributed by atoms with van der Waals surface area (Å²) in [5.74, 6) is 1.32. The number of fused-ring (bicyclic) bond motifs is 15. The van der Waals surface area contributed by atoms with Crippen molar-refractivity contribution in [2.75, 3.05) is 0 Å². The summed E-state index contributed by atoms with van der Waals surface area (Å²) < 4.78 is 9.84. The lowest BCUT2D eigenvalue weighted by atomic mass is 9.97. The van der Waals surface area contributed by atoms with Crippen molar-refractivity contribution in [2.45, 2.75) is 0 Å². The Balaban J connectivity index is 0.663. The fourth-order valence-corrected chi connectivity index (χ4v) is 17.2. The highest BCUT2D eigenvalue weighted by atomic mass is 15.0. The molecule has 16 aromatic carbocycles. The first-order valence-electron chi connectivity index (χ1n) is 37.4. The molecule has 0 fully saturated rings. The maximum Gasteiger partial charge on any atom is 0.160 e. The van der Waals surface area contributed by atoms with Crippen LogP contribution in [0.15, 0.2) is 388 Å². The zero-order valence-electron chi connectivity index (χ0n) is 59.5. The van der Waals surface area contributed by atoms with E-state index >= 15 is 0 Å². The molecule has 8 nitrogen and oxygen atoms in total. The van der Waals surface area contributed by atoms with E-state index < -0.39 is 0 Å². The highest BCUT2D eigenvalue weighted by molar-refractivity contribution is 6.28. The highest BCUT2D eigenvalue weighted by Gasteiger charge is 2.26. The van der Waals surface area contributed by atoms with Crippen LogP contribution < -0.4 is 0 Å². The molecule has 22 rings (SSSR count). The Morgan fingerprint density at radius 1 is 0.173 bits per heavy atom. The van der Waals surface area contributed by atoms with Crippen molar-refractivity contribution in [3.05, 3.63) is 388 Å². The van der Waals surface area contributed by atoms with Crippen molar-refractivity contribution in [1.29, 1.82) is 0 Å². The molecule has 22 aromatic rings. The fraction of sp³-hybridized carbons (Fsp3) is 0. The van der Waals surface area contributed by atoms with Gasteiger partial charge in [0, 0.05) is 98.9 Å². The van der Waals surface area contributed by atoms with Crippen molar-refractivity contribution in [2.24, 2.45) is 0 Å². The van der Waals surface area contributed by atoms with E-state index in [1.807, 2.05) is 24.3 Å². The molecule has 8 heteroatoms. The lowest BCUT2D eigenvalue weighted by Crippen LogP contribution is -1.98. The summed E-state index contributed by atoms with van der Waals surface area (Å²) in [5.41, 5.74) is 27.2. The Bertz CT molecular complexity index is 7400. The predicted molar refractivity (Wildman–Crippen MR) is 456 cm³/mol. The maximum absolute atomic E-state index is 5.56. The molecule has 6 heterocycles. The van der Waals surface area contributed by atoms with E-state index in [1.54, 1.807) is 0 Å². The molecule has 0 N–H and O–H groups in total. The summed E-state index contributed by atoms with van der Waals surface area (Å²) in [6, 6.07) is 140. The van der Waals surface area contributed by atoms with Crippen LogP contribution in [0.1, 0.15) is 0 Å². The molecular weight excluding hydrogens is 1340 g/mol. The van der Waals surface area contributed by atoms with Gasteiger partial charge >= 0.3 is 0 Å². The Kier molecular flexibility index (Phi) is 14.5. The molecule has 0 radical (unpaired) electrons. The van der Waals surface area contributed by atoms with Gasteiger partial charge in [0.2, 0.25) is 0 Å². The first kappa shape index (κ1) is 62.5. The van der Waals surface area contributed by atoms with Gasteiger partial charge in [-0.05, 0) is 131 Å². The van der Waals surface area contributed by atoms with E-state index in [4.69, 9.17) is 19.9 Å². The van der Waals surface area contributed by atoms with Gasteiger partial charge in [0.25, 0.3) is 0 Å². The van der Waals surface area contributed by atoms with E-state index in [0.29, 0.717) is 11.6 Å². The molecule has 0 atom stereocenters. The van der Waals surface area contributed by atoms with Gasteiger partial charge in [-0.15, -0.1) is 0 Å². The second kappa shape index (κ2) is 25.4. The van der Waals surface area contributed by atoms with Crippen LogP contribution >= 0.6 is 0 Å². The summed E-state index contributed by atoms with van der Waals surface area (Å²) in [6.45, 7) is 0. The third kappa shape index (κ3) is 10.2. The quantitative estimate of drug-likeness (QED) is 0.122. The van der Waals surface area contributed by atoms with E-state index in [0.717, 1.165) is 139 Å². The molecule has 512 valence electrons. The summed E-state index contributed by atoms with van der Waals surface area (Å²) in [4.78, 5) is 21.4. The normalized spacial score (nSPS) is 11.8. The molecule has 0 bridgehead atoms. The van der Waals surface area contributed by atoms with Crippen LogP contribution in [0.3, 0.4) is 0 Å². The molecule has 0 unspecified atom stereocenters. The smallest absolute Gasteiger partial charge is 0.160 e. The average Bonchev–Trinajstić information content (AvgIpc) is 1.44. The number of aromatic nitrogens is 8. The van der Waals surface area contributed by atoms with Crippen LogP contribution in [-0.4, -0.2) is 38.2 Å². The predicted octanol–water partition coefficient (Wildman–Crippen LogP) is 26.1. The summed E-state index contributed by atoms with van der Waals surface area (Å²) in [6.07, 6.45) is 0. The first-order valence-corrected chi connectivity index (χ1v) is 37.4. The molecule has 0 saturated carbocycles. The molecule has 0 amide bonds. The lowest BCUT2D eigenvalue weighted by molar-refractivity contribution is 1.16. The SMILES string of the molecule is c1ccc(-c2cccc(-n3c4ccccc4c4ccc5c(c6ccccc6n5-c5cccc(-c6nc(-c7ccccc7)cc(-c7cccc(-c8ccc9cccc(-n%10c%11ccccc%11c%11ccc%12c(c%13ccccc%13n%12-c%12cccc(-c%13cc(-c%14ccccc%14)nc(-c%14ccccc%14)n%13)c%12)c%11%10)c9c8)c7)n6)c5)c43)c2)cc1. The van der Waals surface area contributed by atoms with E-state index in [1.165, 1.54) is 59.7 Å². The summed E-state index contributed by atoms with van der Waals surface area (Å²) in [7, 11) is 0. The molecule has 6 aromatic heterocycles. The molecule has 0 spiro atoms. The van der Waals surface area contributed by atoms with Crippen molar-refractivity contribution < 1.29 is 0 Å². The molecule has 0 saturated heterocycles. The number of benzene rings is 16. The molecule has 0 aliphatic rings. The topological polar surface area (TPSA) is 71.3 Å². The van der Waals surface area contributed by atoms with Crippen LogP contribution in [0.5, 0.6) is 0 Å². The minimum Gasteiger partial charge on any atom is -0.309 e. The van der Waals surface area contributed by atoms with Gasteiger partial charge in [-0.1, -0.05) is 285 Å². The Morgan fingerprint density at radius 2 is 0.536 bits per heavy atom. The molecule has 110 heavy (non-hydrogen) atoms. The van der Waals surface area contributed by atoms with Crippen LogP contribution in [0.25, 0.3) is 211 Å². The van der Waals surface area contributed by atoms with Gasteiger partial charge in [-0.2, -0.15) is 0 Å². The van der Waals surface area contributed by atoms with Gasteiger partial charge in [0.1, 0.15) is 0 Å². The maximum atomic E-state index is 5.56. The average molecular weight is 1400 g/mol. The van der Waals surface area contributed by atoms with Crippen molar-refractivity contribution >= 4 is 98.0 Å². The van der Waals surface area contributed by atoms with E-state index in [2.05, 4.69) is 382 Å². The van der Waals surface area contributed by atoms with Crippen LogP contribution in [0.2, 0.25) is 0 Å². The third-order valence-electron chi connectivity index (χ3n) is 22.1. The zero-order valence-corrected chi connectivity index (χ0v) is 59.5. The largest absolute Gasteiger partial charge is 0.309 e. The Labute approximate surface area is 633 Å². The number of hydrogen-bond acceptors (Lipinski definition) is 4. The monoisotopic (exact) mass is 1400 g/mol. The Morgan fingerprint density at radius 3 is 1.09 bits per heavy atom. The fourth-order valence-electron chi connectivity index (χ4n) is 17.2. The second-order valence-corrected chi connectivity index (χ2v) is 28.5. The highest BCUT2D eigenvalue weighted by Crippen LogP contribution is 2.47. The minimum atomic E-state index is 0.639. The summed E-state index contributed by atoms with van der Waals surface area (Å²) in [5, 5.41) is 11.8. The van der Waals surface area contributed by atoms with E-state index in [-0.39, 0.29) is 0 Å². The van der Waals surface area contributed by atoms with Crippen molar-refractivity contribution in [3.63, 3.8) is 0 Å². The first-order chi connectivity index (χ1) is 54.5. The van der Waals surface area contributed by atoms with Crippen LogP contribution in [-0.2, 0) is 0 Å². The van der Waals surface area contributed by atoms with Gasteiger partial charge < -0.3 is 18.3 Å². The van der Waals surface area contributed by atoms with Gasteiger partial charge in [0.15, 0.2) is 11.6 Å².